The van der Waals surface area contributed by atoms with Crippen LogP contribution in [0.4, 0.5) is 13.2 Å². The molecule has 0 aliphatic carbocycles. The highest BCUT2D eigenvalue weighted by atomic mass is 19.4. The number of likely N-dealkylation sites (tertiary alicyclic amines) is 1. The van der Waals surface area contributed by atoms with Crippen molar-refractivity contribution in [2.24, 2.45) is 0 Å². The molecule has 0 amide bonds. The van der Waals surface area contributed by atoms with Crippen molar-refractivity contribution < 1.29 is 37.7 Å². The molecule has 1 aliphatic rings. The molecule has 0 radical (unpaired) electrons. The lowest BCUT2D eigenvalue weighted by atomic mass is 9.90. The van der Waals surface area contributed by atoms with Gasteiger partial charge in [-0.2, -0.15) is 18.4 Å². The van der Waals surface area contributed by atoms with Gasteiger partial charge in [-0.25, -0.2) is 0 Å². The molecule has 46 heavy (non-hydrogen) atoms. The van der Waals surface area contributed by atoms with Gasteiger partial charge >= 0.3 is 12.1 Å². The number of rotatable bonds is 11. The number of hydrogen-bond donors (Lipinski definition) is 2. The van der Waals surface area contributed by atoms with Crippen molar-refractivity contribution in [1.29, 1.82) is 5.26 Å². The molecule has 1 saturated heterocycles. The Balaban J connectivity index is 1.36. The number of nitrogens with zero attached hydrogens (tertiary/aromatic N) is 3. The number of fused-ring (bicyclic) bond motifs is 1. The molecular formula is C35H36F3N3O5. The molecule has 1 fully saturated rings. The van der Waals surface area contributed by atoms with Crippen LogP contribution >= 0.6 is 0 Å². The van der Waals surface area contributed by atoms with Gasteiger partial charge in [0.25, 0.3) is 0 Å². The van der Waals surface area contributed by atoms with E-state index in [4.69, 9.17) is 9.47 Å². The van der Waals surface area contributed by atoms with Crippen LogP contribution in [0.1, 0.15) is 54.4 Å². The summed E-state index contributed by atoms with van der Waals surface area (Å²) >= 11 is 0. The molecule has 8 nitrogen and oxygen atoms in total. The quantitative estimate of drug-likeness (QED) is 0.195. The van der Waals surface area contributed by atoms with E-state index in [0.717, 1.165) is 5.56 Å². The van der Waals surface area contributed by atoms with Crippen LogP contribution in [0.2, 0.25) is 0 Å². The molecule has 0 spiro atoms. The summed E-state index contributed by atoms with van der Waals surface area (Å²) in [6.45, 7) is 1.89. The number of aliphatic hydroxyl groups is 1. The molecule has 2 atom stereocenters. The Labute approximate surface area is 265 Å². The number of alkyl halides is 3. The Bertz CT molecular complexity index is 1730. The van der Waals surface area contributed by atoms with E-state index in [-0.39, 0.29) is 36.7 Å². The molecule has 11 heteroatoms. The third-order valence-corrected chi connectivity index (χ3v) is 8.70. The summed E-state index contributed by atoms with van der Waals surface area (Å²) in [5, 5.41) is 30.7. The first-order valence-electron chi connectivity index (χ1n) is 15.1. The maximum atomic E-state index is 14.9. The van der Waals surface area contributed by atoms with Gasteiger partial charge in [-0.05, 0) is 54.7 Å². The third-order valence-electron chi connectivity index (χ3n) is 8.70. The maximum Gasteiger partial charge on any atom is 0.422 e. The second-order valence-electron chi connectivity index (χ2n) is 11.7. The largest absolute Gasteiger partial charge is 0.493 e. The molecule has 242 valence electrons. The predicted molar refractivity (Wildman–Crippen MR) is 166 cm³/mol. The van der Waals surface area contributed by atoms with Crippen LogP contribution in [-0.2, 0) is 16.9 Å². The van der Waals surface area contributed by atoms with Crippen LogP contribution in [0, 0.1) is 11.3 Å². The lowest BCUT2D eigenvalue weighted by Gasteiger charge is -2.39. The van der Waals surface area contributed by atoms with Gasteiger partial charge in [0, 0.05) is 43.3 Å². The fourth-order valence-electron chi connectivity index (χ4n) is 6.17. The van der Waals surface area contributed by atoms with Crippen molar-refractivity contribution in [3.8, 4) is 17.6 Å². The molecular weight excluding hydrogens is 599 g/mol. The molecule has 0 saturated carbocycles. The number of nitriles is 1. The SMILES string of the molecule is CCC(C(=O)O)c1ccc(OC2CCN(CC(O)(c3cn(Cc4ccccc4)c4cc(C#N)ccc34)C(F)(F)F)CC2)c(OC)c1. The zero-order chi connectivity index (χ0) is 33.1. The van der Waals surface area contributed by atoms with E-state index in [1.165, 1.54) is 25.4 Å². The summed E-state index contributed by atoms with van der Waals surface area (Å²) in [5.41, 5.74) is -1.23. The first-order chi connectivity index (χ1) is 22.0. The number of benzene rings is 3. The molecule has 0 bridgehead atoms. The first-order valence-corrected chi connectivity index (χ1v) is 15.1. The Morgan fingerprint density at radius 1 is 1.07 bits per heavy atom. The van der Waals surface area contributed by atoms with Crippen LogP contribution in [0.5, 0.6) is 11.5 Å². The Morgan fingerprint density at radius 3 is 2.39 bits per heavy atom. The number of β-amino-alcohol motifs (C(OH)–C–C–N with tert-alkyl or cyclic N) is 1. The number of halogens is 3. The van der Waals surface area contributed by atoms with Gasteiger partial charge in [-0.1, -0.05) is 49.4 Å². The highest BCUT2D eigenvalue weighted by Gasteiger charge is 2.57. The summed E-state index contributed by atoms with van der Waals surface area (Å²) in [4.78, 5) is 13.2. The van der Waals surface area contributed by atoms with Gasteiger partial charge in [-0.3, -0.25) is 9.69 Å². The number of carbonyl (C=O) groups is 1. The highest BCUT2D eigenvalue weighted by Crippen LogP contribution is 2.44. The van der Waals surface area contributed by atoms with E-state index in [1.54, 1.807) is 40.7 Å². The van der Waals surface area contributed by atoms with Crippen LogP contribution in [0.15, 0.2) is 72.9 Å². The molecule has 4 aromatic rings. The Kier molecular flexibility index (Phi) is 9.60. The summed E-state index contributed by atoms with van der Waals surface area (Å²) in [6, 6.07) is 20.8. The van der Waals surface area contributed by atoms with E-state index in [2.05, 4.69) is 0 Å². The number of hydrogen-bond acceptors (Lipinski definition) is 6. The van der Waals surface area contributed by atoms with Crippen molar-refractivity contribution in [2.75, 3.05) is 26.7 Å². The minimum atomic E-state index is -4.98. The smallest absolute Gasteiger partial charge is 0.422 e. The fourth-order valence-corrected chi connectivity index (χ4v) is 6.17. The molecule has 5 rings (SSSR count). The molecule has 2 heterocycles. The molecule has 1 aromatic heterocycles. The van der Waals surface area contributed by atoms with Crippen LogP contribution in [0.25, 0.3) is 10.9 Å². The predicted octanol–water partition coefficient (Wildman–Crippen LogP) is 6.44. The lowest BCUT2D eigenvalue weighted by Crippen LogP contribution is -2.53. The van der Waals surface area contributed by atoms with Crippen molar-refractivity contribution in [3.05, 3.63) is 95.2 Å². The summed E-state index contributed by atoms with van der Waals surface area (Å²) in [5.74, 6) is -0.798. The summed E-state index contributed by atoms with van der Waals surface area (Å²) in [7, 11) is 1.46. The molecule has 2 N–H and O–H groups in total. The van der Waals surface area contributed by atoms with Crippen molar-refractivity contribution in [2.45, 2.75) is 56.5 Å². The van der Waals surface area contributed by atoms with Crippen LogP contribution in [-0.4, -0.2) is 64.7 Å². The molecule has 1 aliphatic heterocycles. The van der Waals surface area contributed by atoms with E-state index >= 15 is 0 Å². The number of carboxylic acid groups (broad SMARTS) is 1. The minimum absolute atomic E-state index is 0.233. The summed E-state index contributed by atoms with van der Waals surface area (Å²) < 4.78 is 57.8. The van der Waals surface area contributed by atoms with Gasteiger partial charge in [0.1, 0.15) is 6.10 Å². The monoisotopic (exact) mass is 635 g/mol. The number of carboxylic acids is 1. The van der Waals surface area contributed by atoms with Gasteiger partial charge in [-0.15, -0.1) is 0 Å². The van der Waals surface area contributed by atoms with Crippen LogP contribution in [0.3, 0.4) is 0 Å². The number of aliphatic carboxylic acids is 1. The Hall–Kier alpha value is -4.53. The first kappa shape index (κ1) is 32.9. The van der Waals surface area contributed by atoms with Gasteiger partial charge < -0.3 is 24.3 Å². The average molecular weight is 636 g/mol. The van der Waals surface area contributed by atoms with E-state index in [0.29, 0.717) is 47.4 Å². The zero-order valence-electron chi connectivity index (χ0n) is 25.6. The molecule has 2 unspecified atom stereocenters. The van der Waals surface area contributed by atoms with Gasteiger partial charge in [0.05, 0.1) is 30.2 Å². The third kappa shape index (κ3) is 6.69. The number of ether oxygens (including phenoxy) is 2. The van der Waals surface area contributed by atoms with Crippen molar-refractivity contribution >= 4 is 16.9 Å². The number of piperidine rings is 1. The second kappa shape index (κ2) is 13.4. The summed E-state index contributed by atoms with van der Waals surface area (Å²) in [6.07, 6.45) is -2.71. The number of aromatic nitrogens is 1. The van der Waals surface area contributed by atoms with Gasteiger partial charge in [0.2, 0.25) is 5.60 Å². The van der Waals surface area contributed by atoms with E-state index in [9.17, 15) is 33.4 Å². The van der Waals surface area contributed by atoms with E-state index in [1.807, 2.05) is 36.4 Å². The van der Waals surface area contributed by atoms with Crippen molar-refractivity contribution in [3.63, 3.8) is 0 Å². The minimum Gasteiger partial charge on any atom is -0.493 e. The standard InChI is InChI=1S/C35H36F3N3O5/c1-3-27(33(42)43)25-10-12-31(32(18-25)45-2)46-26-13-15-40(16-14-26)22-34(44,35(36,37)38)29-21-41(20-23-7-5-4-6-8-23)30-17-24(19-39)9-11-28(29)30/h4-12,17-18,21,26-27,44H,3,13-16,20,22H2,1-2H3,(H,42,43). The van der Waals surface area contributed by atoms with E-state index < -0.39 is 30.2 Å². The average Bonchev–Trinajstić information content (AvgIpc) is 3.40. The second-order valence-corrected chi connectivity index (χ2v) is 11.7. The van der Waals surface area contributed by atoms with Crippen LogP contribution < -0.4 is 9.47 Å². The number of methoxy groups -OCH3 is 1. The normalized spacial score (nSPS) is 16.5. The maximum absolute atomic E-state index is 14.9. The molecule has 3 aromatic carbocycles. The Morgan fingerprint density at radius 2 is 1.78 bits per heavy atom. The zero-order valence-corrected chi connectivity index (χ0v) is 25.6. The fraction of sp³-hybridized carbons (Fsp3) is 0.371. The topological polar surface area (TPSA) is 108 Å². The lowest BCUT2D eigenvalue weighted by molar-refractivity contribution is -0.272. The van der Waals surface area contributed by atoms with Gasteiger partial charge in [0.15, 0.2) is 11.5 Å². The highest BCUT2D eigenvalue weighted by molar-refractivity contribution is 5.86. The van der Waals surface area contributed by atoms with Crippen molar-refractivity contribution in [1.82, 2.24) is 9.47 Å².